The molecule has 0 bridgehead atoms. The van der Waals surface area contributed by atoms with E-state index in [0.717, 1.165) is 12.1 Å². The molecule has 142 valence electrons. The van der Waals surface area contributed by atoms with Crippen LogP contribution in [0.5, 0.6) is 5.75 Å². The van der Waals surface area contributed by atoms with Gasteiger partial charge >= 0.3 is 0 Å². The quantitative estimate of drug-likeness (QED) is 0.614. The minimum Gasteiger partial charge on any atom is -0.482 e. The highest BCUT2D eigenvalue weighted by atomic mass is 32.2. The summed E-state index contributed by atoms with van der Waals surface area (Å²) in [6, 6.07) is 10.7. The molecule has 0 heterocycles. The van der Waals surface area contributed by atoms with Crippen molar-refractivity contribution in [3.05, 3.63) is 54.3 Å². The Hall–Kier alpha value is -2.54. The van der Waals surface area contributed by atoms with Gasteiger partial charge in [-0.05, 0) is 24.3 Å². The molecule has 6 N–H and O–H groups in total. The summed E-state index contributed by atoms with van der Waals surface area (Å²) in [4.78, 5) is 9.80. The van der Waals surface area contributed by atoms with E-state index in [1.165, 1.54) is 30.3 Å². The summed E-state index contributed by atoms with van der Waals surface area (Å²) in [5.74, 6) is -1.51. The maximum atomic E-state index is 12.6. The van der Waals surface area contributed by atoms with E-state index in [1.54, 1.807) is 6.07 Å². The molecule has 0 aromatic heterocycles. The first-order valence-corrected chi connectivity index (χ1v) is 9.82. The molecule has 2 rings (SSSR count). The van der Waals surface area contributed by atoms with Crippen molar-refractivity contribution in [3.63, 3.8) is 0 Å². The standard InChI is InChI=1S/C8H10N2O4S.C6H6FNO2S/c9-8(11)5-14-6-3-1-2-4-7(6)15(10,12)13;7-5-3-1-2-4-6(5)11(8,9)10/h1-4H,5H2,(H2,9,11)(H2,10,12,13);1-4H,(H2,8,9,10). The van der Waals surface area contributed by atoms with E-state index >= 15 is 0 Å². The first-order chi connectivity index (χ1) is 11.9. The lowest BCUT2D eigenvalue weighted by Crippen LogP contribution is -2.21. The first-order valence-electron chi connectivity index (χ1n) is 6.73. The molecule has 0 aliphatic rings. The lowest BCUT2D eigenvalue weighted by Gasteiger charge is -2.07. The Morgan fingerprint density at radius 3 is 1.77 bits per heavy atom. The Bertz CT molecular complexity index is 993. The number of nitrogens with two attached hydrogens (primary N) is 3. The van der Waals surface area contributed by atoms with Crippen molar-refractivity contribution in [3.8, 4) is 5.75 Å². The number of ether oxygens (including phenoxy) is 1. The SMILES string of the molecule is NC(=O)COc1ccccc1S(N)(=O)=O.NS(=O)(=O)c1ccccc1F. The van der Waals surface area contributed by atoms with Crippen LogP contribution < -0.4 is 20.7 Å². The number of carbonyl (C=O) groups excluding carboxylic acids is 1. The van der Waals surface area contributed by atoms with Crippen LogP contribution >= 0.6 is 0 Å². The van der Waals surface area contributed by atoms with Crippen molar-refractivity contribution in [2.24, 2.45) is 16.0 Å². The van der Waals surface area contributed by atoms with E-state index in [4.69, 9.17) is 15.6 Å². The smallest absolute Gasteiger partial charge is 0.255 e. The number of primary sulfonamides is 2. The van der Waals surface area contributed by atoms with Gasteiger partial charge < -0.3 is 10.5 Å². The van der Waals surface area contributed by atoms with Crippen molar-refractivity contribution in [2.75, 3.05) is 6.61 Å². The second-order valence-corrected chi connectivity index (χ2v) is 7.78. The van der Waals surface area contributed by atoms with Crippen molar-refractivity contribution >= 4 is 26.0 Å². The molecule has 0 saturated carbocycles. The fourth-order valence-electron chi connectivity index (χ4n) is 1.63. The van der Waals surface area contributed by atoms with Gasteiger partial charge in [0.25, 0.3) is 5.91 Å². The predicted molar refractivity (Wildman–Crippen MR) is 90.3 cm³/mol. The molecule has 26 heavy (non-hydrogen) atoms. The maximum absolute atomic E-state index is 12.6. The highest BCUT2D eigenvalue weighted by Gasteiger charge is 2.14. The van der Waals surface area contributed by atoms with Crippen LogP contribution in [-0.4, -0.2) is 29.3 Å². The molecule has 12 heteroatoms. The number of hydrogen-bond donors (Lipinski definition) is 3. The molecule has 9 nitrogen and oxygen atoms in total. The van der Waals surface area contributed by atoms with Crippen LogP contribution in [0.1, 0.15) is 0 Å². The number of sulfonamides is 2. The minimum atomic E-state index is -3.91. The van der Waals surface area contributed by atoms with E-state index in [9.17, 15) is 26.0 Å². The molecule has 2 aromatic rings. The molecule has 0 aliphatic heterocycles. The fraction of sp³-hybridized carbons (Fsp3) is 0.0714. The fourth-order valence-corrected chi connectivity index (χ4v) is 2.91. The Labute approximate surface area is 149 Å². The number of rotatable bonds is 5. The number of halogens is 1. The number of amides is 1. The van der Waals surface area contributed by atoms with Gasteiger partial charge in [-0.3, -0.25) is 4.79 Å². The first kappa shape index (κ1) is 21.5. The van der Waals surface area contributed by atoms with Gasteiger partial charge in [-0.1, -0.05) is 24.3 Å². The van der Waals surface area contributed by atoms with Gasteiger partial charge in [0, 0.05) is 0 Å². The lowest BCUT2D eigenvalue weighted by molar-refractivity contribution is -0.120. The summed E-state index contributed by atoms with van der Waals surface area (Å²) in [6.07, 6.45) is 0. The van der Waals surface area contributed by atoms with Gasteiger partial charge in [0.15, 0.2) is 6.61 Å². The Balaban J connectivity index is 0.000000273. The van der Waals surface area contributed by atoms with E-state index in [1.807, 2.05) is 0 Å². The zero-order chi connectivity index (χ0) is 20.0. The molecule has 2 aromatic carbocycles. The molecule has 0 aliphatic carbocycles. The van der Waals surface area contributed by atoms with Crippen LogP contribution in [0.15, 0.2) is 58.3 Å². The van der Waals surface area contributed by atoms with Crippen LogP contribution in [0.25, 0.3) is 0 Å². The highest BCUT2D eigenvalue weighted by Crippen LogP contribution is 2.21. The molecule has 0 saturated heterocycles. The topological polar surface area (TPSA) is 173 Å². The van der Waals surface area contributed by atoms with E-state index in [0.29, 0.717) is 0 Å². The van der Waals surface area contributed by atoms with E-state index in [-0.39, 0.29) is 10.6 Å². The Kier molecular flexibility index (Phi) is 7.20. The second-order valence-electron chi connectivity index (χ2n) is 4.72. The summed E-state index contributed by atoms with van der Waals surface area (Å²) < 4.78 is 60.9. The molecule has 1 amide bonds. The normalized spacial score (nSPS) is 11.2. The number of primary amides is 1. The van der Waals surface area contributed by atoms with Crippen LogP contribution in [-0.2, 0) is 24.8 Å². The summed E-state index contributed by atoms with van der Waals surface area (Å²) in [7, 11) is -7.77. The zero-order valence-corrected chi connectivity index (χ0v) is 14.8. The monoisotopic (exact) mass is 405 g/mol. The van der Waals surface area contributed by atoms with E-state index in [2.05, 4.69) is 5.14 Å². The molecule has 0 spiro atoms. The van der Waals surface area contributed by atoms with Crippen LogP contribution in [0.3, 0.4) is 0 Å². The average molecular weight is 405 g/mol. The maximum Gasteiger partial charge on any atom is 0.255 e. The van der Waals surface area contributed by atoms with Crippen molar-refractivity contribution in [1.82, 2.24) is 0 Å². The van der Waals surface area contributed by atoms with Crippen molar-refractivity contribution in [2.45, 2.75) is 9.79 Å². The van der Waals surface area contributed by atoms with Crippen LogP contribution in [0.4, 0.5) is 4.39 Å². The molecular weight excluding hydrogens is 389 g/mol. The predicted octanol–water partition coefficient (Wildman–Crippen LogP) is -0.329. The summed E-state index contributed by atoms with van der Waals surface area (Å²) in [6.45, 7) is -0.396. The van der Waals surface area contributed by atoms with Gasteiger partial charge in [0.2, 0.25) is 20.0 Å². The lowest BCUT2D eigenvalue weighted by atomic mass is 10.3. The molecule has 0 radical (unpaired) electrons. The van der Waals surface area contributed by atoms with Crippen LogP contribution in [0.2, 0.25) is 0 Å². The second kappa shape index (κ2) is 8.71. The Morgan fingerprint density at radius 1 is 0.885 bits per heavy atom. The zero-order valence-electron chi connectivity index (χ0n) is 13.2. The summed E-state index contributed by atoms with van der Waals surface area (Å²) >= 11 is 0. The number of hydrogen-bond acceptors (Lipinski definition) is 6. The molecule has 0 unspecified atom stereocenters. The Morgan fingerprint density at radius 2 is 1.35 bits per heavy atom. The minimum absolute atomic E-state index is 0.0128. The van der Waals surface area contributed by atoms with Crippen molar-refractivity contribution in [1.29, 1.82) is 0 Å². The van der Waals surface area contributed by atoms with Gasteiger partial charge in [0.1, 0.15) is 21.4 Å². The molecule has 0 atom stereocenters. The average Bonchev–Trinajstić information content (AvgIpc) is 2.52. The third kappa shape index (κ3) is 6.76. The van der Waals surface area contributed by atoms with Gasteiger partial charge in [-0.15, -0.1) is 0 Å². The summed E-state index contributed by atoms with van der Waals surface area (Å²) in [5.41, 5.74) is 4.85. The third-order valence-corrected chi connectivity index (χ3v) is 4.56. The largest absolute Gasteiger partial charge is 0.482 e. The summed E-state index contributed by atoms with van der Waals surface area (Å²) in [5, 5.41) is 9.63. The van der Waals surface area contributed by atoms with Crippen LogP contribution in [0, 0.1) is 5.82 Å². The highest BCUT2D eigenvalue weighted by molar-refractivity contribution is 7.89. The molecular formula is C14H16FN3O6S2. The number of carbonyl (C=O) groups is 1. The van der Waals surface area contributed by atoms with Crippen molar-refractivity contribution < 1.29 is 30.8 Å². The third-order valence-electron chi connectivity index (χ3n) is 2.67. The van der Waals surface area contributed by atoms with E-state index < -0.39 is 43.3 Å². The van der Waals surface area contributed by atoms with Gasteiger partial charge in [-0.25, -0.2) is 31.5 Å². The van der Waals surface area contributed by atoms with Gasteiger partial charge in [-0.2, -0.15) is 0 Å². The molecule has 0 fully saturated rings. The number of para-hydroxylation sites is 1. The number of benzene rings is 2. The van der Waals surface area contributed by atoms with Gasteiger partial charge in [0.05, 0.1) is 0 Å².